The average Bonchev–Trinajstić information content (AvgIpc) is 2.87. The Bertz CT molecular complexity index is 536. The van der Waals surface area contributed by atoms with E-state index in [1.807, 2.05) is 0 Å². The van der Waals surface area contributed by atoms with Gasteiger partial charge in [0.05, 0.1) is 23.7 Å². The van der Waals surface area contributed by atoms with Gasteiger partial charge in [-0.05, 0) is 13.0 Å². The summed E-state index contributed by atoms with van der Waals surface area (Å²) in [5.74, 6) is 0.0756. The Morgan fingerprint density at radius 2 is 2.16 bits per heavy atom. The first kappa shape index (κ1) is 15.0. The molecule has 0 amide bonds. The number of thioether (sulfide) groups is 1. The maximum Gasteiger partial charge on any atom is 0.340 e. The Morgan fingerprint density at radius 3 is 2.74 bits per heavy atom. The van der Waals surface area contributed by atoms with Crippen LogP contribution in [0.5, 0.6) is 0 Å². The molecule has 1 aromatic heterocycles. The second kappa shape index (κ2) is 5.56. The summed E-state index contributed by atoms with van der Waals surface area (Å²) in [6.07, 6.45) is 0. The van der Waals surface area contributed by atoms with Crippen LogP contribution < -0.4 is 0 Å². The first-order valence-corrected chi connectivity index (χ1v) is 7.74. The zero-order chi connectivity index (χ0) is 14.2. The molecular weight excluding hydrogens is 333 g/mol. The van der Waals surface area contributed by atoms with Crippen LogP contribution >= 0.6 is 46.6 Å². The molecule has 0 aliphatic carbocycles. The number of hydrogen-bond donors (Lipinski definition) is 0. The van der Waals surface area contributed by atoms with Gasteiger partial charge in [-0.2, -0.15) is 0 Å². The van der Waals surface area contributed by atoms with Crippen LogP contribution in [0.1, 0.15) is 33.5 Å². The van der Waals surface area contributed by atoms with E-state index < -0.39 is 15.5 Å². The summed E-state index contributed by atoms with van der Waals surface area (Å²) in [6, 6.07) is 1.44. The lowest BCUT2D eigenvalue weighted by molar-refractivity contribution is 0.0525. The third-order valence-electron chi connectivity index (χ3n) is 2.65. The number of halogens is 3. The molecule has 0 aromatic carbocycles. The van der Waals surface area contributed by atoms with Crippen molar-refractivity contribution >= 4 is 58.3 Å². The molecule has 1 aromatic rings. The molecule has 0 fully saturated rings. The Kier molecular flexibility index (Phi) is 4.40. The smallest absolute Gasteiger partial charge is 0.340 e. The molecule has 2 heterocycles. The van der Waals surface area contributed by atoms with E-state index in [9.17, 15) is 9.59 Å². The van der Waals surface area contributed by atoms with E-state index >= 15 is 0 Å². The summed E-state index contributed by atoms with van der Waals surface area (Å²) in [6.45, 7) is 1.99. The van der Waals surface area contributed by atoms with Gasteiger partial charge in [-0.3, -0.25) is 4.79 Å². The first-order chi connectivity index (χ1) is 8.86. The quantitative estimate of drug-likeness (QED) is 0.480. The lowest BCUT2D eigenvalue weighted by Gasteiger charge is -2.10. The van der Waals surface area contributed by atoms with E-state index in [0.717, 1.165) is 5.69 Å². The maximum absolute atomic E-state index is 12.0. The van der Waals surface area contributed by atoms with Gasteiger partial charge in [0.1, 0.15) is 0 Å². The first-order valence-electron chi connectivity index (χ1n) is 5.45. The van der Waals surface area contributed by atoms with Gasteiger partial charge in [-0.15, -0.1) is 11.8 Å². The summed E-state index contributed by atoms with van der Waals surface area (Å²) in [5, 5.41) is 0. The second-order valence-electron chi connectivity index (χ2n) is 3.84. The molecule has 0 bridgehead atoms. The number of aromatic nitrogens is 1. The predicted molar refractivity (Wildman–Crippen MR) is 76.3 cm³/mol. The molecule has 0 atom stereocenters. The molecule has 0 spiro atoms. The number of ketones is 1. The highest BCUT2D eigenvalue weighted by Gasteiger charge is 2.37. The Balaban J connectivity index is 2.45. The Morgan fingerprint density at radius 1 is 1.47 bits per heavy atom. The highest BCUT2D eigenvalue weighted by atomic mass is 35.6. The van der Waals surface area contributed by atoms with Gasteiger partial charge >= 0.3 is 5.97 Å². The minimum absolute atomic E-state index is 0.225. The minimum atomic E-state index is -2.03. The van der Waals surface area contributed by atoms with Crippen LogP contribution in [0.4, 0.5) is 0 Å². The monoisotopic (exact) mass is 341 g/mol. The maximum atomic E-state index is 12.0. The van der Waals surface area contributed by atoms with Crippen molar-refractivity contribution in [1.82, 2.24) is 4.57 Å². The molecule has 4 nitrogen and oxygen atoms in total. The van der Waals surface area contributed by atoms with Gasteiger partial charge in [-0.1, -0.05) is 34.8 Å². The molecule has 0 radical (unpaired) electrons. The molecule has 0 N–H and O–H groups in total. The van der Waals surface area contributed by atoms with E-state index in [1.165, 1.54) is 6.07 Å². The number of Topliss-reactive ketones (excluding diaryl/α,β-unsaturated/α-hetero) is 1. The molecule has 2 rings (SSSR count). The normalized spacial score (nSPS) is 14.3. The summed E-state index contributed by atoms with van der Waals surface area (Å²) < 4.78 is 4.62. The molecule has 0 saturated carbocycles. The minimum Gasteiger partial charge on any atom is -0.462 e. The largest absolute Gasteiger partial charge is 0.462 e. The summed E-state index contributed by atoms with van der Waals surface area (Å²) in [7, 11) is 0. The van der Waals surface area contributed by atoms with Crippen molar-refractivity contribution in [2.45, 2.75) is 22.3 Å². The molecular formula is C11H10Cl3NO3S. The Labute approximate surface area is 129 Å². The standard InChI is InChI=1S/C11H10Cl3NO3S/c1-2-18-10(17)6-3-7(9(16)11(12,13)14)15-5-19-4-8(6)15/h3H,2,4-5H2,1H3. The van der Waals surface area contributed by atoms with Crippen molar-refractivity contribution in [3.05, 3.63) is 23.0 Å². The summed E-state index contributed by atoms with van der Waals surface area (Å²) >= 11 is 18.4. The predicted octanol–water partition coefficient (Wildman–Crippen LogP) is 3.42. The fourth-order valence-corrected chi connectivity index (χ4v) is 3.21. The summed E-state index contributed by atoms with van der Waals surface area (Å²) in [4.78, 5) is 23.9. The van der Waals surface area contributed by atoms with Gasteiger partial charge < -0.3 is 9.30 Å². The number of carbonyl (C=O) groups excluding carboxylic acids is 2. The molecule has 19 heavy (non-hydrogen) atoms. The van der Waals surface area contributed by atoms with Crippen molar-refractivity contribution in [3.8, 4) is 0 Å². The lowest BCUT2D eigenvalue weighted by Crippen LogP contribution is -2.21. The zero-order valence-corrected chi connectivity index (χ0v) is 13.0. The Hall–Kier alpha value is -0.360. The van der Waals surface area contributed by atoms with E-state index in [4.69, 9.17) is 39.5 Å². The zero-order valence-electron chi connectivity index (χ0n) is 9.91. The highest BCUT2D eigenvalue weighted by molar-refractivity contribution is 7.97. The van der Waals surface area contributed by atoms with Crippen LogP contribution in [0.15, 0.2) is 6.07 Å². The summed E-state index contributed by atoms with van der Waals surface area (Å²) in [5.41, 5.74) is 1.33. The van der Waals surface area contributed by atoms with Crippen molar-refractivity contribution in [2.24, 2.45) is 0 Å². The number of fused-ring (bicyclic) bond motifs is 1. The molecule has 104 valence electrons. The molecule has 1 aliphatic rings. The fraction of sp³-hybridized carbons (Fsp3) is 0.455. The van der Waals surface area contributed by atoms with Crippen molar-refractivity contribution in [2.75, 3.05) is 6.61 Å². The van der Waals surface area contributed by atoms with Crippen LogP contribution in [0, 0.1) is 0 Å². The van der Waals surface area contributed by atoms with Crippen LogP contribution in [0.2, 0.25) is 0 Å². The van der Waals surface area contributed by atoms with Crippen molar-refractivity contribution in [1.29, 1.82) is 0 Å². The highest BCUT2D eigenvalue weighted by Crippen LogP contribution is 2.36. The van der Waals surface area contributed by atoms with Gasteiger partial charge in [0.25, 0.3) is 3.79 Å². The van der Waals surface area contributed by atoms with Crippen molar-refractivity contribution < 1.29 is 14.3 Å². The third kappa shape index (κ3) is 2.89. The number of hydrogen-bond acceptors (Lipinski definition) is 4. The van der Waals surface area contributed by atoms with E-state index in [2.05, 4.69) is 0 Å². The number of carbonyl (C=O) groups is 2. The van der Waals surface area contributed by atoms with Crippen LogP contribution in [-0.4, -0.2) is 26.7 Å². The van der Waals surface area contributed by atoms with Gasteiger partial charge in [0.15, 0.2) is 0 Å². The van der Waals surface area contributed by atoms with Crippen LogP contribution in [0.3, 0.4) is 0 Å². The van der Waals surface area contributed by atoms with Crippen LogP contribution in [-0.2, 0) is 16.4 Å². The molecule has 0 unspecified atom stereocenters. The van der Waals surface area contributed by atoms with Gasteiger partial charge in [-0.25, -0.2) is 4.79 Å². The van der Waals surface area contributed by atoms with Crippen LogP contribution in [0.25, 0.3) is 0 Å². The topological polar surface area (TPSA) is 48.3 Å². The van der Waals surface area contributed by atoms with Crippen molar-refractivity contribution in [3.63, 3.8) is 0 Å². The molecule has 8 heteroatoms. The number of ether oxygens (including phenoxy) is 1. The fourth-order valence-electron chi connectivity index (χ4n) is 1.84. The number of nitrogens with zero attached hydrogens (tertiary/aromatic N) is 1. The number of rotatable bonds is 3. The lowest BCUT2D eigenvalue weighted by atomic mass is 10.2. The van der Waals surface area contributed by atoms with E-state index in [1.54, 1.807) is 23.3 Å². The SMILES string of the molecule is CCOC(=O)c1cc(C(=O)C(Cl)(Cl)Cl)n2c1CSC2. The second-order valence-corrected chi connectivity index (χ2v) is 7.08. The van der Waals surface area contributed by atoms with E-state index in [0.29, 0.717) is 17.2 Å². The number of alkyl halides is 3. The third-order valence-corrected chi connectivity index (χ3v) is 4.09. The number of esters is 1. The van der Waals surface area contributed by atoms with E-state index in [-0.39, 0.29) is 12.3 Å². The molecule has 0 saturated heterocycles. The van der Waals surface area contributed by atoms with Gasteiger partial charge in [0, 0.05) is 11.4 Å². The average molecular weight is 343 g/mol. The van der Waals surface area contributed by atoms with Gasteiger partial charge in [0.2, 0.25) is 5.78 Å². The molecule has 1 aliphatic heterocycles.